The smallest absolute Gasteiger partial charge is 0.412 e. The van der Waals surface area contributed by atoms with Crippen LogP contribution in [0, 0.1) is 48.0 Å². The van der Waals surface area contributed by atoms with Crippen LogP contribution in [0.25, 0.3) is 6.08 Å². The molecule has 3 amide bonds. The molecule has 0 bridgehead atoms. The molecule has 5 aromatic carbocycles. The van der Waals surface area contributed by atoms with Crippen LogP contribution in [0.2, 0.25) is 0 Å². The van der Waals surface area contributed by atoms with Gasteiger partial charge in [-0.3, -0.25) is 25.0 Å². The number of carbonyl (C=O) groups excluding carboxylic acids is 6. The molecule has 0 unspecified atom stereocenters. The van der Waals surface area contributed by atoms with E-state index in [1.54, 1.807) is 25.3 Å². The fourth-order valence-corrected chi connectivity index (χ4v) is 8.88. The van der Waals surface area contributed by atoms with Crippen molar-refractivity contribution in [2.24, 2.45) is 37.9 Å². The van der Waals surface area contributed by atoms with Gasteiger partial charge in [0.2, 0.25) is 0 Å². The Morgan fingerprint density at radius 1 is 0.484 bits per heavy atom. The van der Waals surface area contributed by atoms with Crippen molar-refractivity contribution in [3.8, 4) is 5.75 Å². The van der Waals surface area contributed by atoms with Crippen molar-refractivity contribution in [2.45, 2.75) is 341 Å². The largest absolute Gasteiger partial charge is 0.491 e. The average molecular weight is 1790 g/mol. The van der Waals surface area contributed by atoms with Gasteiger partial charge < -0.3 is 62.8 Å². The summed E-state index contributed by atoms with van der Waals surface area (Å²) in [4.78, 5) is 76.4. The second-order valence-corrected chi connectivity index (χ2v) is 44.7. The highest BCUT2D eigenvalue weighted by Gasteiger charge is 2.30. The Morgan fingerprint density at radius 2 is 0.897 bits per heavy atom. The highest BCUT2D eigenvalue weighted by Crippen LogP contribution is 2.30. The fourth-order valence-electron chi connectivity index (χ4n) is 7.93. The zero-order valence-electron chi connectivity index (χ0n) is 86.4. The summed E-state index contributed by atoms with van der Waals surface area (Å²) in [6, 6.07) is 43.0. The first kappa shape index (κ1) is 126. The number of nitrogens with one attached hydrogen (secondary N) is 3. The first-order valence-corrected chi connectivity index (χ1v) is 44.2. The Bertz CT molecular complexity index is 3720. The van der Waals surface area contributed by atoms with E-state index in [0.717, 1.165) is 36.2 Å². The number of allylic oxidation sites excluding steroid dienone is 1. The molecule has 1 aliphatic heterocycles. The molecular weight excluding hydrogens is 1610 g/mol. The number of hydrogen-bond donors (Lipinski definition) is 3. The maximum absolute atomic E-state index is 11.8. The molecule has 0 saturated carbocycles. The lowest BCUT2D eigenvalue weighted by Crippen LogP contribution is -2.30. The topological polar surface area (TPSA) is 274 Å². The Kier molecular flexibility index (Phi) is 59.8. The Balaban J connectivity index is -0.000000435. The van der Waals surface area contributed by atoms with Gasteiger partial charge in [-0.05, 0) is 239 Å². The summed E-state index contributed by atoms with van der Waals surface area (Å²) < 4.78 is 51.7. The fraction of sp³-hybridized carbons (Fsp3) is 0.631. The number of hydrogen-bond acceptors (Lipinski definition) is 19. The lowest BCUT2D eigenvalue weighted by atomic mass is 9.89. The third kappa shape index (κ3) is 87.7. The Hall–Kier alpha value is -8.35. The normalized spacial score (nSPS) is 12.4. The first-order valence-electron chi connectivity index (χ1n) is 43.2. The van der Waals surface area contributed by atoms with Crippen molar-refractivity contribution in [3.05, 3.63) is 172 Å². The standard InChI is InChI=1S/C17H26O3.C16H25NO3.C12H15NO2.C12H18.C11H16S.C7H14O2.2C6H13NO2.C6H12O2.C5H12O.C5H10O/c1-16(2,3)19-12-14-9-7-8-13(10-14)11-15(18)20-17(4,5)6;1-15(2,3)11-19-13-10-8-7-9-12(13)17-14(18)20-16(4,5)6;1-12(2,3)9-8-10-4-6-11(7-5-10)13(14)15;1-12(2,3)10-9-11-7-5-4-6-8-11;1-11(2,3)9-12-10-7-5-4-6-8-10;1-7(2,3)6-8-4-5-9-6;2*1-6(2,3)9-5(8)7-4;1-6(2,3)5(7)8-4;1-5(2,3)6-4;1-5(2,3)4-6/h7-10H,11-12H2,1-6H3;7-10H,11H2,1-6H3,(H,17,18);4-9H,1-3H3;4-8H,9-10H2,1-3H3;4-8H,9H2,1-3H3;6H,4-5H2,1-3H3;2*1-4H3,(H,7,8);1-4H3;1-4H3;4H,1-3H3/b;;9-8+;;;;;;;;. The number of alkyl carbamates (subject to hydrolysis) is 2. The third-order valence-corrected chi connectivity index (χ3v) is 15.8. The average Bonchev–Trinajstić information content (AvgIpc) is 1.83. The van der Waals surface area contributed by atoms with Gasteiger partial charge in [0.25, 0.3) is 5.69 Å². The molecule has 0 radical (unpaired) electrons. The van der Waals surface area contributed by atoms with Crippen molar-refractivity contribution in [1.29, 1.82) is 0 Å². The zero-order valence-corrected chi connectivity index (χ0v) is 87.2. The molecule has 1 fully saturated rings. The van der Waals surface area contributed by atoms with Gasteiger partial charge in [-0.15, -0.1) is 11.8 Å². The molecule has 126 heavy (non-hydrogen) atoms. The number of nitro benzene ring substituents is 1. The van der Waals surface area contributed by atoms with Gasteiger partial charge in [-0.2, -0.15) is 0 Å². The van der Waals surface area contributed by atoms with E-state index in [0.29, 0.717) is 41.9 Å². The highest BCUT2D eigenvalue weighted by atomic mass is 32.2. The van der Waals surface area contributed by atoms with Crippen LogP contribution in [-0.4, -0.2) is 135 Å². The van der Waals surface area contributed by atoms with Crippen LogP contribution in [-0.2, 0) is 76.5 Å². The summed E-state index contributed by atoms with van der Waals surface area (Å²) in [7, 11) is 6.18. The highest BCUT2D eigenvalue weighted by molar-refractivity contribution is 7.99. The van der Waals surface area contributed by atoms with Crippen molar-refractivity contribution in [2.75, 3.05) is 59.2 Å². The van der Waals surface area contributed by atoms with Crippen molar-refractivity contribution in [3.63, 3.8) is 0 Å². The summed E-state index contributed by atoms with van der Waals surface area (Å²) in [5, 5.41) is 17.9. The maximum atomic E-state index is 11.8. The molecular formula is C103H174N4O18S. The van der Waals surface area contributed by atoms with E-state index in [1.807, 2.05) is 226 Å². The summed E-state index contributed by atoms with van der Waals surface area (Å²) in [5.41, 5.74) is 4.03. The molecule has 1 heterocycles. The molecule has 3 N–H and O–H groups in total. The lowest BCUT2D eigenvalue weighted by molar-refractivity contribution is -0.384. The van der Waals surface area contributed by atoms with Crippen molar-refractivity contribution in [1.82, 2.24) is 10.6 Å². The van der Waals surface area contributed by atoms with Crippen LogP contribution in [0.5, 0.6) is 5.75 Å². The second-order valence-electron chi connectivity index (χ2n) is 43.7. The molecule has 1 saturated heterocycles. The van der Waals surface area contributed by atoms with Gasteiger partial charge in [0, 0.05) is 54.8 Å². The predicted octanol–water partition coefficient (Wildman–Crippen LogP) is 27.0. The van der Waals surface area contributed by atoms with Gasteiger partial charge in [-0.25, -0.2) is 14.4 Å². The molecule has 1 aliphatic rings. The van der Waals surface area contributed by atoms with Gasteiger partial charge >= 0.3 is 30.2 Å². The van der Waals surface area contributed by atoms with Gasteiger partial charge in [0.05, 0.1) is 67.2 Å². The third-order valence-electron chi connectivity index (χ3n) is 14.2. The number of para-hydroxylation sites is 2. The van der Waals surface area contributed by atoms with E-state index in [1.165, 1.54) is 62.4 Å². The number of non-ortho nitro benzene ring substituents is 1. The van der Waals surface area contributed by atoms with E-state index < -0.39 is 22.2 Å². The second kappa shape index (κ2) is 59.7. The molecule has 0 aliphatic carbocycles. The molecule has 720 valence electrons. The van der Waals surface area contributed by atoms with E-state index in [9.17, 15) is 38.9 Å². The maximum Gasteiger partial charge on any atom is 0.412 e. The minimum Gasteiger partial charge on any atom is -0.491 e. The van der Waals surface area contributed by atoms with Crippen molar-refractivity contribution < 1.29 is 81.1 Å². The van der Waals surface area contributed by atoms with Gasteiger partial charge in [-0.1, -0.05) is 222 Å². The van der Waals surface area contributed by atoms with Crippen LogP contribution >= 0.6 is 11.8 Å². The summed E-state index contributed by atoms with van der Waals surface area (Å²) >= 11 is 1.93. The van der Waals surface area contributed by atoms with Crippen LogP contribution in [0.4, 0.5) is 25.8 Å². The molecule has 0 aromatic heterocycles. The first-order chi connectivity index (χ1) is 56.8. The number of thioether (sulfide) groups is 1. The van der Waals surface area contributed by atoms with E-state index in [-0.39, 0.29) is 85.6 Å². The summed E-state index contributed by atoms with van der Waals surface area (Å²) in [6.07, 6.45) is 6.50. The SMILES string of the molecule is CC(C)(C)/C=C/c1ccc([N+](=O)[O-])cc1.CC(C)(C)C1OCCO1.CC(C)(C)C=O.CC(C)(C)CCc1ccccc1.CC(C)(C)COc1ccccc1NC(=O)OC(C)(C)C.CC(C)(C)CSc1ccccc1.CC(C)(C)OCc1cccc(CC(=O)OC(C)(C)C)c1.CNC(=O)OC(C)(C)C.CNC(=O)OC(C)(C)C.COC(=O)C(C)(C)C.COC(C)(C)C. The van der Waals surface area contributed by atoms with Crippen LogP contribution < -0.4 is 20.7 Å². The quantitative estimate of drug-likeness (QED) is 0.0247. The number of rotatable bonds is 13. The van der Waals surface area contributed by atoms with E-state index in [2.05, 4.69) is 191 Å². The van der Waals surface area contributed by atoms with Gasteiger partial charge in [0.15, 0.2) is 6.29 Å². The van der Waals surface area contributed by atoms with E-state index in [4.69, 9.17) is 42.6 Å². The molecule has 0 spiro atoms. The van der Waals surface area contributed by atoms with Gasteiger partial charge in [0.1, 0.15) is 34.4 Å². The summed E-state index contributed by atoms with van der Waals surface area (Å²) in [5.74, 6) is 1.45. The summed E-state index contributed by atoms with van der Waals surface area (Å²) in [6.45, 7) is 80.5. The molecule has 0 atom stereocenters. The number of carbonyl (C=O) groups is 6. The van der Waals surface area contributed by atoms with E-state index >= 15 is 0 Å². The number of benzene rings is 5. The number of esters is 2. The number of ether oxygens (including phenoxy) is 10. The number of nitrogens with zero attached hydrogens (tertiary/aromatic N) is 1. The number of amides is 3. The number of nitro groups is 1. The van der Waals surface area contributed by atoms with Crippen LogP contribution in [0.15, 0.2) is 144 Å². The minimum absolute atomic E-state index is 0.0116. The number of anilines is 1. The monoisotopic (exact) mass is 1790 g/mol. The lowest BCUT2D eigenvalue weighted by Gasteiger charge is -2.24. The Morgan fingerprint density at radius 3 is 1.23 bits per heavy atom. The number of aldehydes is 1. The zero-order chi connectivity index (χ0) is 99.4. The molecule has 5 aromatic rings. The molecule has 6 rings (SSSR count). The number of methoxy groups -OCH3 is 2. The molecule has 22 nitrogen and oxygen atoms in total. The predicted molar refractivity (Wildman–Crippen MR) is 524 cm³/mol. The molecule has 23 heteroatoms. The number of aryl methyl sites for hydroxylation is 1. The van der Waals surface area contributed by atoms with Crippen LogP contribution in [0.3, 0.4) is 0 Å². The minimum atomic E-state index is -0.523. The Labute approximate surface area is 768 Å². The van der Waals surface area contributed by atoms with Crippen molar-refractivity contribution >= 4 is 65.7 Å². The van der Waals surface area contributed by atoms with Crippen LogP contribution in [0.1, 0.15) is 299 Å².